The molecule has 9 nitrogen and oxygen atoms in total. The molecule has 0 spiro atoms. The minimum absolute atomic E-state index is 0.354. The number of nitrogens with one attached hydrogen (secondary N) is 2. The third-order valence-corrected chi connectivity index (χ3v) is 5.95. The number of aromatic nitrogens is 4. The molecule has 2 N–H and O–H groups in total. The Hall–Kier alpha value is -3.89. The summed E-state index contributed by atoms with van der Waals surface area (Å²) in [7, 11) is 3.92. The van der Waals surface area contributed by atoms with Gasteiger partial charge in [-0.1, -0.05) is 0 Å². The first-order valence-electron chi connectivity index (χ1n) is 11.9. The number of hydrogen-bond donors (Lipinski definition) is 2. The Labute approximate surface area is 209 Å². The Bertz CT molecular complexity index is 1330. The SMILES string of the molecule is CN(C)CCOc1ccc(-c2nccc3cnc(Nc4ccc(N5CCNCC5)nc4)nc23)c(F)c1. The summed E-state index contributed by atoms with van der Waals surface area (Å²) in [5.74, 6) is 1.39. The normalized spacial score (nSPS) is 13.8. The van der Waals surface area contributed by atoms with Gasteiger partial charge in [-0.3, -0.25) is 4.98 Å². The van der Waals surface area contributed by atoms with Crippen molar-refractivity contribution in [2.45, 2.75) is 0 Å². The topological polar surface area (TPSA) is 91.3 Å². The second-order valence-corrected chi connectivity index (χ2v) is 8.85. The van der Waals surface area contributed by atoms with Gasteiger partial charge in [-0.15, -0.1) is 0 Å². The highest BCUT2D eigenvalue weighted by Crippen LogP contribution is 2.30. The van der Waals surface area contributed by atoms with E-state index in [-0.39, 0.29) is 0 Å². The summed E-state index contributed by atoms with van der Waals surface area (Å²) < 4.78 is 20.7. The molecule has 10 heteroatoms. The van der Waals surface area contributed by atoms with Crippen molar-refractivity contribution in [2.24, 2.45) is 0 Å². The largest absolute Gasteiger partial charge is 0.492 e. The number of rotatable bonds is 8. The molecule has 4 heterocycles. The van der Waals surface area contributed by atoms with Crippen LogP contribution in [-0.2, 0) is 0 Å². The van der Waals surface area contributed by atoms with E-state index in [1.54, 1.807) is 30.7 Å². The zero-order chi connectivity index (χ0) is 24.9. The molecule has 1 aliphatic heterocycles. The number of halogens is 1. The van der Waals surface area contributed by atoms with E-state index in [4.69, 9.17) is 4.74 Å². The van der Waals surface area contributed by atoms with E-state index in [1.165, 1.54) is 6.07 Å². The lowest BCUT2D eigenvalue weighted by Crippen LogP contribution is -2.43. The average Bonchev–Trinajstić information content (AvgIpc) is 2.89. The molecule has 1 aliphatic rings. The van der Waals surface area contributed by atoms with Crippen LogP contribution in [0.2, 0.25) is 0 Å². The first-order chi connectivity index (χ1) is 17.6. The van der Waals surface area contributed by atoms with Gasteiger partial charge in [-0.25, -0.2) is 19.3 Å². The third-order valence-electron chi connectivity index (χ3n) is 5.95. The number of ether oxygens (including phenoxy) is 1. The van der Waals surface area contributed by atoms with Crippen LogP contribution in [0.15, 0.2) is 55.0 Å². The highest BCUT2D eigenvalue weighted by Gasteiger charge is 2.15. The van der Waals surface area contributed by atoms with Gasteiger partial charge in [-0.05, 0) is 44.4 Å². The van der Waals surface area contributed by atoms with Gasteiger partial charge < -0.3 is 25.2 Å². The van der Waals surface area contributed by atoms with E-state index < -0.39 is 5.82 Å². The van der Waals surface area contributed by atoms with Gasteiger partial charge >= 0.3 is 0 Å². The smallest absolute Gasteiger partial charge is 0.227 e. The molecule has 1 aromatic carbocycles. The number of likely N-dealkylation sites (N-methyl/N-ethyl adjacent to an activating group) is 1. The minimum Gasteiger partial charge on any atom is -0.492 e. The average molecular weight is 489 g/mol. The second-order valence-electron chi connectivity index (χ2n) is 8.85. The van der Waals surface area contributed by atoms with Crippen molar-refractivity contribution in [1.29, 1.82) is 0 Å². The van der Waals surface area contributed by atoms with E-state index in [0.29, 0.717) is 35.1 Å². The summed E-state index contributed by atoms with van der Waals surface area (Å²) >= 11 is 0. The van der Waals surface area contributed by atoms with Crippen LogP contribution in [0.4, 0.5) is 21.8 Å². The number of anilines is 3. The summed E-state index contributed by atoms with van der Waals surface area (Å²) in [6.07, 6.45) is 5.10. The fraction of sp³-hybridized carbons (Fsp3) is 0.308. The maximum absolute atomic E-state index is 15.1. The Morgan fingerprint density at radius 2 is 1.92 bits per heavy atom. The van der Waals surface area contributed by atoms with Gasteiger partial charge in [0.2, 0.25) is 5.95 Å². The van der Waals surface area contributed by atoms with Crippen molar-refractivity contribution < 1.29 is 9.13 Å². The van der Waals surface area contributed by atoms with E-state index >= 15 is 4.39 Å². The molecule has 0 unspecified atom stereocenters. The zero-order valence-electron chi connectivity index (χ0n) is 20.4. The summed E-state index contributed by atoms with van der Waals surface area (Å²) in [5.41, 5.74) is 2.12. The van der Waals surface area contributed by atoms with Gasteiger partial charge in [0.1, 0.15) is 29.5 Å². The van der Waals surface area contributed by atoms with Crippen molar-refractivity contribution in [2.75, 3.05) is 63.6 Å². The molecule has 0 aliphatic carbocycles. The number of hydrogen-bond acceptors (Lipinski definition) is 9. The zero-order valence-corrected chi connectivity index (χ0v) is 20.4. The van der Waals surface area contributed by atoms with Crippen LogP contribution in [0.25, 0.3) is 22.2 Å². The van der Waals surface area contributed by atoms with Crippen LogP contribution >= 0.6 is 0 Å². The van der Waals surface area contributed by atoms with Gasteiger partial charge in [-0.2, -0.15) is 0 Å². The van der Waals surface area contributed by atoms with Crippen molar-refractivity contribution in [1.82, 2.24) is 30.2 Å². The Kier molecular flexibility index (Phi) is 7.15. The fourth-order valence-corrected chi connectivity index (χ4v) is 4.01. The molecule has 3 aromatic heterocycles. The van der Waals surface area contributed by atoms with E-state index in [0.717, 1.165) is 49.6 Å². The predicted octanol–water partition coefficient (Wildman–Crippen LogP) is 3.32. The van der Waals surface area contributed by atoms with Crippen molar-refractivity contribution in [3.8, 4) is 17.0 Å². The fourth-order valence-electron chi connectivity index (χ4n) is 4.01. The monoisotopic (exact) mass is 488 g/mol. The molecule has 1 saturated heterocycles. The van der Waals surface area contributed by atoms with Crippen molar-refractivity contribution >= 4 is 28.4 Å². The highest BCUT2D eigenvalue weighted by molar-refractivity contribution is 5.91. The number of fused-ring (bicyclic) bond motifs is 1. The number of pyridine rings is 2. The molecular weight excluding hydrogens is 459 g/mol. The van der Waals surface area contributed by atoms with Crippen LogP contribution < -0.4 is 20.3 Å². The van der Waals surface area contributed by atoms with Crippen LogP contribution in [-0.4, -0.2) is 78.3 Å². The van der Waals surface area contributed by atoms with Gasteiger partial charge in [0.05, 0.1) is 17.6 Å². The van der Waals surface area contributed by atoms with Gasteiger partial charge in [0, 0.05) is 62.1 Å². The van der Waals surface area contributed by atoms with Crippen molar-refractivity contribution in [3.63, 3.8) is 0 Å². The first-order valence-corrected chi connectivity index (χ1v) is 11.9. The molecule has 0 amide bonds. The molecule has 5 rings (SSSR count). The maximum Gasteiger partial charge on any atom is 0.227 e. The lowest BCUT2D eigenvalue weighted by molar-refractivity contribution is 0.260. The second kappa shape index (κ2) is 10.8. The Morgan fingerprint density at radius 1 is 1.06 bits per heavy atom. The van der Waals surface area contributed by atoms with Crippen molar-refractivity contribution in [3.05, 3.63) is 60.8 Å². The minimum atomic E-state index is -0.418. The van der Waals surface area contributed by atoms with Gasteiger partial charge in [0.25, 0.3) is 0 Å². The molecule has 36 heavy (non-hydrogen) atoms. The molecule has 0 atom stereocenters. The Morgan fingerprint density at radius 3 is 2.67 bits per heavy atom. The summed E-state index contributed by atoms with van der Waals surface area (Å²) in [4.78, 5) is 22.3. The molecular formula is C26H29FN8O. The Balaban J connectivity index is 1.37. The first kappa shape index (κ1) is 23.8. The third kappa shape index (κ3) is 5.50. The van der Waals surface area contributed by atoms with Crippen LogP contribution in [0.3, 0.4) is 0 Å². The van der Waals surface area contributed by atoms with Crippen LogP contribution in [0, 0.1) is 5.82 Å². The molecule has 0 bridgehead atoms. The lowest BCUT2D eigenvalue weighted by atomic mass is 10.1. The van der Waals surface area contributed by atoms with E-state index in [1.807, 2.05) is 37.2 Å². The number of piperazine rings is 1. The standard InChI is InChI=1S/C26H29FN8O/c1-34(2)13-14-36-20-4-5-21(22(27)15-20)25-24-18(7-8-29-25)16-31-26(33-24)32-19-3-6-23(30-17-19)35-11-9-28-10-12-35/h3-8,15-17,28H,9-14H2,1-2H3,(H,31,32,33). The van der Waals surface area contributed by atoms with Gasteiger partial charge in [0.15, 0.2) is 0 Å². The molecule has 0 radical (unpaired) electrons. The summed E-state index contributed by atoms with van der Waals surface area (Å²) in [6.45, 7) is 5.00. The number of benzene rings is 1. The van der Waals surface area contributed by atoms with Crippen LogP contribution in [0.5, 0.6) is 5.75 Å². The quantitative estimate of drug-likeness (QED) is 0.388. The molecule has 0 saturated carbocycles. The lowest BCUT2D eigenvalue weighted by Gasteiger charge is -2.28. The summed E-state index contributed by atoms with van der Waals surface area (Å²) in [5, 5.41) is 7.31. The van der Waals surface area contributed by atoms with E-state index in [9.17, 15) is 0 Å². The number of nitrogens with zero attached hydrogens (tertiary/aromatic N) is 6. The molecule has 1 fully saturated rings. The highest BCUT2D eigenvalue weighted by atomic mass is 19.1. The van der Waals surface area contributed by atoms with Crippen LogP contribution in [0.1, 0.15) is 0 Å². The summed E-state index contributed by atoms with van der Waals surface area (Å²) in [6, 6.07) is 10.6. The predicted molar refractivity (Wildman–Crippen MR) is 139 cm³/mol. The maximum atomic E-state index is 15.1. The van der Waals surface area contributed by atoms with E-state index in [2.05, 4.69) is 35.5 Å². The molecule has 4 aromatic rings. The molecule has 186 valence electrons.